The standard InChI is InChI=1S/C29H43O2/c1-26(2,3)20-14-18(15-21(24(20)30)27(4,5)6)13-19-16-22(28(7,8)9)25(31)23(17-19)29(10,11)12/h14-18H,13H2,1-12H3. The van der Waals surface area contributed by atoms with E-state index in [1.54, 1.807) is 0 Å². The van der Waals surface area contributed by atoms with Gasteiger partial charge in [-0.3, -0.25) is 9.90 Å². The Bertz CT molecular complexity index is 844. The number of allylic oxidation sites excluding steroid dienone is 4. The summed E-state index contributed by atoms with van der Waals surface area (Å²) in [6, 6.07) is 4.20. The van der Waals surface area contributed by atoms with E-state index in [4.69, 9.17) is 0 Å². The molecule has 0 aromatic heterocycles. The van der Waals surface area contributed by atoms with Crippen LogP contribution >= 0.6 is 0 Å². The van der Waals surface area contributed by atoms with Crippen LogP contribution in [0.1, 0.15) is 99.8 Å². The van der Waals surface area contributed by atoms with Gasteiger partial charge in [-0.2, -0.15) is 0 Å². The molecule has 0 heterocycles. The lowest BCUT2D eigenvalue weighted by Crippen LogP contribution is -2.30. The molecule has 2 nitrogen and oxygen atoms in total. The fourth-order valence-corrected chi connectivity index (χ4v) is 4.26. The van der Waals surface area contributed by atoms with E-state index in [2.05, 4.69) is 107 Å². The van der Waals surface area contributed by atoms with E-state index in [-0.39, 0.29) is 39.1 Å². The van der Waals surface area contributed by atoms with Crippen molar-refractivity contribution in [2.45, 2.75) is 100 Å². The quantitative estimate of drug-likeness (QED) is 0.473. The summed E-state index contributed by atoms with van der Waals surface area (Å²) in [4.78, 5) is 13.3. The average molecular weight is 424 g/mol. The highest BCUT2D eigenvalue weighted by atomic mass is 16.3. The Morgan fingerprint density at radius 2 is 1.00 bits per heavy atom. The number of Topliss-reactive ketones (excluding diaryl/α,β-unsaturated/α-hetero) is 1. The van der Waals surface area contributed by atoms with E-state index >= 15 is 0 Å². The van der Waals surface area contributed by atoms with Crippen LogP contribution < -0.4 is 0 Å². The average Bonchev–Trinajstić information content (AvgIpc) is 2.53. The lowest BCUT2D eigenvalue weighted by Gasteiger charge is -2.33. The maximum absolute atomic E-state index is 13.3. The molecule has 0 unspecified atom stereocenters. The molecule has 171 valence electrons. The minimum Gasteiger partial charge on any atom is -0.289 e. The molecule has 1 aliphatic rings. The van der Waals surface area contributed by atoms with Crippen LogP contribution in [-0.2, 0) is 27.2 Å². The SMILES string of the molecule is CC(C)(C)C1=CC(Cc2cc(C(C)(C)C)c([O])c(C(C)(C)C)c2)C=C(C(C)(C)C)C1=O. The van der Waals surface area contributed by atoms with Crippen molar-refractivity contribution in [3.63, 3.8) is 0 Å². The largest absolute Gasteiger partial charge is 0.289 e. The molecule has 0 amide bonds. The highest BCUT2D eigenvalue weighted by Crippen LogP contribution is 2.43. The monoisotopic (exact) mass is 423 g/mol. The van der Waals surface area contributed by atoms with Gasteiger partial charge in [0.1, 0.15) is 0 Å². The van der Waals surface area contributed by atoms with E-state index in [0.717, 1.165) is 28.7 Å². The van der Waals surface area contributed by atoms with E-state index in [9.17, 15) is 9.90 Å². The number of benzene rings is 1. The zero-order valence-corrected chi connectivity index (χ0v) is 21.9. The number of carbonyl (C=O) groups is 1. The number of rotatable bonds is 2. The minimum absolute atomic E-state index is 0.138. The van der Waals surface area contributed by atoms with Crippen LogP contribution in [-0.4, -0.2) is 5.78 Å². The Balaban J connectivity index is 2.63. The van der Waals surface area contributed by atoms with E-state index in [1.165, 1.54) is 5.56 Å². The van der Waals surface area contributed by atoms with E-state index in [1.807, 2.05) is 0 Å². The van der Waals surface area contributed by atoms with Gasteiger partial charge >= 0.3 is 0 Å². The van der Waals surface area contributed by atoms with Crippen LogP contribution in [0.2, 0.25) is 0 Å². The molecule has 1 radical (unpaired) electrons. The van der Waals surface area contributed by atoms with Gasteiger partial charge in [0.25, 0.3) is 0 Å². The van der Waals surface area contributed by atoms with Crippen LogP contribution in [0.25, 0.3) is 0 Å². The number of hydrogen-bond acceptors (Lipinski definition) is 1. The van der Waals surface area contributed by atoms with Gasteiger partial charge < -0.3 is 0 Å². The summed E-state index contributed by atoms with van der Waals surface area (Å²) < 4.78 is 0. The number of hydrogen-bond donors (Lipinski definition) is 0. The summed E-state index contributed by atoms with van der Waals surface area (Å²) in [6.45, 7) is 25.3. The van der Waals surface area contributed by atoms with Crippen molar-refractivity contribution >= 4 is 5.78 Å². The lowest BCUT2D eigenvalue weighted by atomic mass is 9.70. The van der Waals surface area contributed by atoms with Gasteiger partial charge in [-0.1, -0.05) is 107 Å². The highest BCUT2D eigenvalue weighted by molar-refractivity contribution is 6.10. The summed E-state index contributed by atoms with van der Waals surface area (Å²) >= 11 is 0. The first-order valence-corrected chi connectivity index (χ1v) is 11.6. The maximum Gasteiger partial charge on any atom is 0.186 e. The molecule has 0 atom stereocenters. The highest BCUT2D eigenvalue weighted by Gasteiger charge is 2.35. The van der Waals surface area contributed by atoms with Gasteiger partial charge in [-0.25, -0.2) is 0 Å². The van der Waals surface area contributed by atoms with Crippen LogP contribution in [0.5, 0.6) is 5.75 Å². The van der Waals surface area contributed by atoms with Gasteiger partial charge in [0.15, 0.2) is 11.5 Å². The summed E-state index contributed by atoms with van der Waals surface area (Å²) in [6.07, 6.45) is 5.12. The second-order valence-electron chi connectivity index (χ2n) is 13.4. The van der Waals surface area contributed by atoms with Crippen LogP contribution in [0.3, 0.4) is 0 Å². The summed E-state index contributed by atoms with van der Waals surface area (Å²) in [5.74, 6) is 0.482. The van der Waals surface area contributed by atoms with Gasteiger partial charge in [-0.05, 0) is 33.6 Å². The van der Waals surface area contributed by atoms with Crippen molar-refractivity contribution < 1.29 is 9.90 Å². The molecule has 1 aromatic carbocycles. The van der Waals surface area contributed by atoms with E-state index < -0.39 is 0 Å². The Labute approximate surface area is 190 Å². The van der Waals surface area contributed by atoms with Crippen molar-refractivity contribution in [3.8, 4) is 5.75 Å². The lowest BCUT2D eigenvalue weighted by molar-refractivity contribution is -0.114. The first-order valence-electron chi connectivity index (χ1n) is 11.6. The molecular weight excluding hydrogens is 380 g/mol. The molecule has 0 spiro atoms. The van der Waals surface area contributed by atoms with Crippen LogP contribution in [0.15, 0.2) is 35.4 Å². The molecule has 1 aliphatic carbocycles. The fourth-order valence-electron chi connectivity index (χ4n) is 4.26. The molecule has 2 heteroatoms. The predicted molar refractivity (Wildman–Crippen MR) is 131 cm³/mol. The topological polar surface area (TPSA) is 37.0 Å². The molecule has 0 N–H and O–H groups in total. The third-order valence-corrected chi connectivity index (χ3v) is 6.10. The van der Waals surface area contributed by atoms with Crippen molar-refractivity contribution in [2.24, 2.45) is 16.7 Å². The van der Waals surface area contributed by atoms with E-state index in [0.29, 0.717) is 0 Å². The Kier molecular flexibility index (Phi) is 6.52. The maximum atomic E-state index is 13.3. The Morgan fingerprint density at radius 3 is 1.29 bits per heavy atom. The molecule has 0 bridgehead atoms. The first kappa shape index (κ1) is 25.4. The summed E-state index contributed by atoms with van der Waals surface area (Å²) in [5.41, 5.74) is 3.89. The van der Waals surface area contributed by atoms with Gasteiger partial charge in [0.05, 0.1) is 0 Å². The van der Waals surface area contributed by atoms with Crippen molar-refractivity contribution in [2.75, 3.05) is 0 Å². The fraction of sp³-hybridized carbons (Fsp3) is 0.621. The smallest absolute Gasteiger partial charge is 0.186 e. The molecule has 0 fully saturated rings. The second kappa shape index (κ2) is 7.94. The molecule has 0 saturated heterocycles. The Hall–Kier alpha value is -1.83. The Morgan fingerprint density at radius 1 is 0.645 bits per heavy atom. The molecule has 2 rings (SSSR count). The van der Waals surface area contributed by atoms with Crippen LogP contribution in [0.4, 0.5) is 0 Å². The van der Waals surface area contributed by atoms with Gasteiger partial charge in [-0.15, -0.1) is 0 Å². The van der Waals surface area contributed by atoms with Gasteiger partial charge in [0.2, 0.25) is 0 Å². The minimum atomic E-state index is -0.214. The zero-order chi connectivity index (χ0) is 24.2. The van der Waals surface area contributed by atoms with Gasteiger partial charge in [0, 0.05) is 28.2 Å². The molecular formula is C29H43O2. The molecule has 31 heavy (non-hydrogen) atoms. The number of carbonyl (C=O) groups excluding carboxylic acids is 1. The summed E-state index contributed by atoms with van der Waals surface area (Å²) in [7, 11) is 0. The first-order chi connectivity index (χ1) is 13.7. The third-order valence-electron chi connectivity index (χ3n) is 6.10. The van der Waals surface area contributed by atoms with Crippen LogP contribution in [0, 0.1) is 16.7 Å². The molecule has 0 aliphatic heterocycles. The third kappa shape index (κ3) is 5.70. The summed E-state index contributed by atoms with van der Waals surface area (Å²) in [5, 5.41) is 13.2. The molecule has 0 saturated carbocycles. The normalized spacial score (nSPS) is 17.0. The zero-order valence-electron chi connectivity index (χ0n) is 21.9. The van der Waals surface area contributed by atoms with Crippen molar-refractivity contribution in [1.82, 2.24) is 0 Å². The predicted octanol–water partition coefficient (Wildman–Crippen LogP) is 8.11. The molecule has 1 aromatic rings. The van der Waals surface area contributed by atoms with Crippen molar-refractivity contribution in [3.05, 3.63) is 52.1 Å². The van der Waals surface area contributed by atoms with Crippen molar-refractivity contribution in [1.29, 1.82) is 0 Å². The number of ketones is 1. The second-order valence-corrected chi connectivity index (χ2v) is 13.4.